The number of hydrogen-bond acceptors (Lipinski definition) is 3. The highest BCUT2D eigenvalue weighted by Crippen LogP contribution is 2.10. The molecule has 0 amide bonds. The van der Waals surface area contributed by atoms with Gasteiger partial charge in [-0.1, -0.05) is 11.2 Å². The molecule has 0 aliphatic heterocycles. The Kier molecular flexibility index (Phi) is 6.31. The van der Waals surface area contributed by atoms with Gasteiger partial charge in [0.2, 0.25) is 0 Å². The molecule has 5 nitrogen and oxygen atoms in total. The van der Waals surface area contributed by atoms with E-state index in [1.165, 1.54) is 0 Å². The molecule has 0 aromatic carbocycles. The number of carbonyl (C=O) groups is 2. The van der Waals surface area contributed by atoms with Gasteiger partial charge in [0, 0.05) is 6.42 Å². The lowest BCUT2D eigenvalue weighted by Gasteiger charge is -2.13. The minimum Gasteiger partial charge on any atom is -0.616 e. The fourth-order valence-electron chi connectivity index (χ4n) is 0.918. The molecule has 0 aliphatic carbocycles. The summed E-state index contributed by atoms with van der Waals surface area (Å²) in [7, 11) is 0. The number of hydrogen-bond donors (Lipinski definition) is 2. The average Bonchev–Trinajstić information content (AvgIpc) is 2.10. The van der Waals surface area contributed by atoms with Crippen molar-refractivity contribution in [1.29, 1.82) is 0 Å². The van der Waals surface area contributed by atoms with Crippen LogP contribution in [0.25, 0.3) is 0 Å². The lowest BCUT2D eigenvalue weighted by atomic mass is 10.1. The molecule has 2 unspecified atom stereocenters. The third-order valence-corrected chi connectivity index (χ3v) is 3.18. The summed E-state index contributed by atoms with van der Waals surface area (Å²) in [5.41, 5.74) is 0. The van der Waals surface area contributed by atoms with E-state index >= 15 is 0 Å². The first-order valence-electron chi connectivity index (χ1n) is 4.27. The maximum atomic E-state index is 11.1. The zero-order valence-electron chi connectivity index (χ0n) is 7.93. The van der Waals surface area contributed by atoms with Crippen molar-refractivity contribution in [3.8, 4) is 0 Å². The zero-order chi connectivity index (χ0) is 11.1. The lowest BCUT2D eigenvalue weighted by molar-refractivity contribution is -0.142. The van der Waals surface area contributed by atoms with E-state index in [1.807, 2.05) is 0 Å². The Hall–Kier alpha value is -0.750. The van der Waals surface area contributed by atoms with Gasteiger partial charge in [0.15, 0.2) is 0 Å². The SMILES string of the molecule is CC[S+]([O-])CC(CCC(=O)O)C(=O)O. The van der Waals surface area contributed by atoms with Crippen molar-refractivity contribution < 1.29 is 24.4 Å². The van der Waals surface area contributed by atoms with Crippen LogP contribution in [0.15, 0.2) is 0 Å². The third-order valence-electron chi connectivity index (χ3n) is 1.76. The zero-order valence-corrected chi connectivity index (χ0v) is 8.75. The van der Waals surface area contributed by atoms with E-state index in [0.29, 0.717) is 5.75 Å². The summed E-state index contributed by atoms with van der Waals surface area (Å²) >= 11 is -1.17. The van der Waals surface area contributed by atoms with Gasteiger partial charge in [0.1, 0.15) is 17.4 Å². The average molecular weight is 222 g/mol. The van der Waals surface area contributed by atoms with Gasteiger partial charge < -0.3 is 14.8 Å². The van der Waals surface area contributed by atoms with E-state index in [2.05, 4.69) is 0 Å². The molecule has 82 valence electrons. The standard InChI is InChI=1S/C8H14O5S/c1-2-14(13)5-6(8(11)12)3-4-7(9)10/h6H,2-5H2,1H3,(H,9,10)(H,11,12). The minimum absolute atomic E-state index is 0.0381. The van der Waals surface area contributed by atoms with Crippen molar-refractivity contribution in [3.63, 3.8) is 0 Å². The van der Waals surface area contributed by atoms with Gasteiger partial charge in [0.05, 0.1) is 0 Å². The first-order valence-corrected chi connectivity index (χ1v) is 5.75. The lowest BCUT2D eigenvalue weighted by Crippen LogP contribution is -2.25. The second-order valence-corrected chi connectivity index (χ2v) is 4.65. The van der Waals surface area contributed by atoms with Crippen molar-refractivity contribution in [2.24, 2.45) is 5.92 Å². The van der Waals surface area contributed by atoms with E-state index in [0.717, 1.165) is 0 Å². The largest absolute Gasteiger partial charge is 0.616 e. The fraction of sp³-hybridized carbons (Fsp3) is 0.750. The first kappa shape index (κ1) is 13.2. The number of aliphatic carboxylic acids is 2. The predicted molar refractivity (Wildman–Crippen MR) is 51.5 cm³/mol. The molecule has 0 radical (unpaired) electrons. The van der Waals surface area contributed by atoms with Crippen LogP contribution in [0.3, 0.4) is 0 Å². The summed E-state index contributed by atoms with van der Waals surface area (Å²) < 4.78 is 11.1. The molecule has 14 heavy (non-hydrogen) atoms. The number of rotatable bonds is 7. The van der Waals surface area contributed by atoms with Crippen LogP contribution in [0.4, 0.5) is 0 Å². The monoisotopic (exact) mass is 222 g/mol. The molecule has 0 aromatic heterocycles. The molecule has 0 fully saturated rings. The summed E-state index contributed by atoms with van der Waals surface area (Å²) in [6.07, 6.45) is -0.158. The maximum Gasteiger partial charge on any atom is 0.311 e. The number of carboxylic acid groups (broad SMARTS) is 2. The van der Waals surface area contributed by atoms with Crippen LogP contribution in [0.5, 0.6) is 0 Å². The highest BCUT2D eigenvalue weighted by Gasteiger charge is 2.23. The van der Waals surface area contributed by atoms with E-state index in [1.54, 1.807) is 6.92 Å². The Morgan fingerprint density at radius 3 is 2.36 bits per heavy atom. The molecule has 2 N–H and O–H groups in total. The van der Waals surface area contributed by atoms with Gasteiger partial charge in [0.25, 0.3) is 0 Å². The molecule has 0 aliphatic rings. The van der Waals surface area contributed by atoms with Gasteiger partial charge in [-0.25, -0.2) is 0 Å². The van der Waals surface area contributed by atoms with Crippen LogP contribution in [0, 0.1) is 5.92 Å². The summed E-state index contributed by atoms with van der Waals surface area (Å²) in [5.74, 6) is -2.48. The molecular weight excluding hydrogens is 208 g/mol. The third kappa shape index (κ3) is 5.82. The molecule has 2 atom stereocenters. The van der Waals surface area contributed by atoms with Crippen molar-refractivity contribution in [1.82, 2.24) is 0 Å². The molecule has 0 bridgehead atoms. The fourth-order valence-corrected chi connectivity index (χ4v) is 1.91. The Morgan fingerprint density at radius 1 is 1.43 bits per heavy atom. The summed E-state index contributed by atoms with van der Waals surface area (Å²) in [4.78, 5) is 20.8. The molecule has 0 heterocycles. The molecule has 0 saturated heterocycles. The smallest absolute Gasteiger partial charge is 0.311 e. The Morgan fingerprint density at radius 2 is 2.00 bits per heavy atom. The van der Waals surface area contributed by atoms with E-state index in [4.69, 9.17) is 10.2 Å². The van der Waals surface area contributed by atoms with Gasteiger partial charge in [-0.05, 0) is 13.3 Å². The number of carboxylic acids is 2. The van der Waals surface area contributed by atoms with Crippen LogP contribution in [0.2, 0.25) is 0 Å². The highest BCUT2D eigenvalue weighted by atomic mass is 32.2. The van der Waals surface area contributed by atoms with Crippen molar-refractivity contribution in [3.05, 3.63) is 0 Å². The molecular formula is C8H14O5S. The van der Waals surface area contributed by atoms with E-state index in [9.17, 15) is 14.1 Å². The normalized spacial score (nSPS) is 14.7. The van der Waals surface area contributed by atoms with Crippen LogP contribution < -0.4 is 0 Å². The second-order valence-electron chi connectivity index (χ2n) is 2.86. The van der Waals surface area contributed by atoms with Crippen LogP contribution in [-0.4, -0.2) is 38.2 Å². The quantitative estimate of drug-likeness (QED) is 0.604. The van der Waals surface area contributed by atoms with Crippen LogP contribution in [-0.2, 0) is 20.8 Å². The van der Waals surface area contributed by atoms with Crippen molar-refractivity contribution in [2.45, 2.75) is 19.8 Å². The second kappa shape index (κ2) is 6.67. The van der Waals surface area contributed by atoms with Crippen LogP contribution in [0.1, 0.15) is 19.8 Å². The Bertz CT molecular complexity index is 206. The first-order chi connectivity index (χ1) is 6.47. The van der Waals surface area contributed by atoms with E-state index in [-0.39, 0.29) is 18.6 Å². The van der Waals surface area contributed by atoms with Gasteiger partial charge >= 0.3 is 11.9 Å². The van der Waals surface area contributed by atoms with Gasteiger partial charge in [-0.3, -0.25) is 9.59 Å². The maximum absolute atomic E-state index is 11.1. The molecule has 0 rings (SSSR count). The van der Waals surface area contributed by atoms with Crippen molar-refractivity contribution in [2.75, 3.05) is 11.5 Å². The minimum atomic E-state index is -1.17. The summed E-state index contributed by atoms with van der Waals surface area (Å²) in [5, 5.41) is 17.1. The highest BCUT2D eigenvalue weighted by molar-refractivity contribution is 7.91. The Balaban J connectivity index is 4.02. The molecule has 0 saturated carbocycles. The van der Waals surface area contributed by atoms with Gasteiger partial charge in [-0.15, -0.1) is 0 Å². The molecule has 0 aromatic rings. The molecule has 6 heteroatoms. The van der Waals surface area contributed by atoms with Gasteiger partial charge in [-0.2, -0.15) is 0 Å². The summed E-state index contributed by atoms with van der Waals surface area (Å²) in [6, 6.07) is 0. The molecule has 0 spiro atoms. The topological polar surface area (TPSA) is 97.7 Å². The predicted octanol–water partition coefficient (Wildman–Crippen LogP) is 0.321. The Labute approximate surface area is 85.3 Å². The van der Waals surface area contributed by atoms with E-state index < -0.39 is 29.0 Å². The summed E-state index contributed by atoms with van der Waals surface area (Å²) in [6.45, 7) is 1.70. The van der Waals surface area contributed by atoms with Crippen molar-refractivity contribution >= 4 is 23.1 Å². The van der Waals surface area contributed by atoms with Crippen LogP contribution >= 0.6 is 0 Å².